The fourth-order valence-corrected chi connectivity index (χ4v) is 1.38. The van der Waals surface area contributed by atoms with Crippen LogP contribution in [0.2, 0.25) is 0 Å². The lowest BCUT2D eigenvalue weighted by atomic mass is 10.6. The van der Waals surface area contributed by atoms with Crippen molar-refractivity contribution in [2.24, 2.45) is 0 Å². The average molecular weight is 193 g/mol. The Morgan fingerprint density at radius 3 is 2.00 bits per heavy atom. The van der Waals surface area contributed by atoms with Gasteiger partial charge in [-0.1, -0.05) is 0 Å². The highest BCUT2D eigenvalue weighted by atomic mass is 35.5. The molecule has 0 heterocycles. The lowest BCUT2D eigenvalue weighted by Crippen LogP contribution is -1.93. The van der Waals surface area contributed by atoms with Crippen LogP contribution in [0.5, 0.6) is 0 Å². The Hall–Kier alpha value is 0.730. The molecule has 6 heteroatoms. The quantitative estimate of drug-likeness (QED) is 0.525. The van der Waals surface area contributed by atoms with Gasteiger partial charge in [0, 0.05) is 0 Å². The number of hydrogen-bond acceptors (Lipinski definition) is 1. The second-order valence-corrected chi connectivity index (χ2v) is 4.62. The van der Waals surface area contributed by atoms with E-state index in [-0.39, 0.29) is 12.6 Å². The van der Waals surface area contributed by atoms with E-state index in [4.69, 9.17) is 33.0 Å². The van der Waals surface area contributed by atoms with E-state index in [9.17, 15) is 4.57 Å². The predicted octanol–water partition coefficient (Wildman–Crippen LogP) is 1.36. The molecule has 0 aliphatic rings. The van der Waals surface area contributed by atoms with Crippen LogP contribution < -0.4 is 0 Å². The van der Waals surface area contributed by atoms with Crippen LogP contribution >= 0.6 is 30.8 Å². The molecule has 3 nitrogen and oxygen atoms in total. The van der Waals surface area contributed by atoms with Crippen molar-refractivity contribution in [3.8, 4) is 0 Å². The van der Waals surface area contributed by atoms with Gasteiger partial charge in [-0.3, -0.25) is 4.57 Å². The van der Waals surface area contributed by atoms with Crippen LogP contribution in [0.4, 0.5) is 0 Å². The van der Waals surface area contributed by atoms with Gasteiger partial charge < -0.3 is 9.79 Å². The highest BCUT2D eigenvalue weighted by Crippen LogP contribution is 2.36. The van der Waals surface area contributed by atoms with E-state index < -0.39 is 12.4 Å². The Bertz CT molecular complexity index is 120. The summed E-state index contributed by atoms with van der Waals surface area (Å²) in [6, 6.07) is 0. The van der Waals surface area contributed by atoms with Gasteiger partial charge in [-0.2, -0.15) is 0 Å². The van der Waals surface area contributed by atoms with Crippen molar-refractivity contribution < 1.29 is 14.4 Å². The molecular weight excluding hydrogens is 186 g/mol. The van der Waals surface area contributed by atoms with Crippen LogP contribution in [0.15, 0.2) is 0 Å². The van der Waals surface area contributed by atoms with Crippen LogP contribution in [0.1, 0.15) is 6.42 Å². The minimum Gasteiger partial charge on any atom is -0.324 e. The Morgan fingerprint density at radius 1 is 1.44 bits per heavy atom. The van der Waals surface area contributed by atoms with Gasteiger partial charge >= 0.3 is 7.60 Å². The molecule has 0 saturated carbocycles. The molecule has 9 heavy (non-hydrogen) atoms. The molecule has 0 saturated heterocycles. The average Bonchev–Trinajstić information content (AvgIpc) is 1.59. The Balaban J connectivity index is 3.40. The van der Waals surface area contributed by atoms with E-state index in [1.165, 1.54) is 0 Å². The van der Waals surface area contributed by atoms with Crippen molar-refractivity contribution in [3.05, 3.63) is 0 Å². The summed E-state index contributed by atoms with van der Waals surface area (Å²) in [5.74, 6) is 0. The molecule has 56 valence electrons. The Labute approximate surface area is 63.1 Å². The Morgan fingerprint density at radius 2 is 1.89 bits per heavy atom. The normalized spacial score (nSPS) is 12.6. The summed E-state index contributed by atoms with van der Waals surface area (Å²) in [6.45, 7) is 0. The van der Waals surface area contributed by atoms with Gasteiger partial charge in [-0.15, -0.1) is 23.2 Å². The SMILES string of the molecule is O=P(O)(O)CCC(Cl)Cl. The third-order valence-electron chi connectivity index (χ3n) is 0.639. The second kappa shape index (κ2) is 3.79. The third kappa shape index (κ3) is 8.73. The molecule has 0 aliphatic carbocycles. The molecule has 0 amide bonds. The first-order valence-electron chi connectivity index (χ1n) is 2.24. The van der Waals surface area contributed by atoms with Crippen LogP contribution in [0, 0.1) is 0 Å². The van der Waals surface area contributed by atoms with Crippen LogP contribution in [0.3, 0.4) is 0 Å². The lowest BCUT2D eigenvalue weighted by molar-refractivity contribution is 0.372. The lowest BCUT2D eigenvalue weighted by Gasteiger charge is -2.02. The van der Waals surface area contributed by atoms with Crippen molar-refractivity contribution in [3.63, 3.8) is 0 Å². The molecule has 2 N–H and O–H groups in total. The molecular formula is C3H7Cl2O3P. The van der Waals surface area contributed by atoms with Crippen molar-refractivity contribution >= 4 is 30.8 Å². The second-order valence-electron chi connectivity index (χ2n) is 1.57. The maximum Gasteiger partial charge on any atom is 0.325 e. The molecule has 0 aromatic carbocycles. The van der Waals surface area contributed by atoms with E-state index in [0.717, 1.165) is 0 Å². The molecule has 0 fully saturated rings. The van der Waals surface area contributed by atoms with Gasteiger partial charge in [0.15, 0.2) is 0 Å². The standard InChI is InChI=1S/C3H7Cl2O3P/c4-3(5)1-2-9(6,7)8/h3H,1-2H2,(H2,6,7,8). The van der Waals surface area contributed by atoms with Gasteiger partial charge in [0.1, 0.15) is 4.84 Å². The van der Waals surface area contributed by atoms with Gasteiger partial charge in [0.25, 0.3) is 0 Å². The van der Waals surface area contributed by atoms with Gasteiger partial charge in [-0.25, -0.2) is 0 Å². The highest BCUT2D eigenvalue weighted by molar-refractivity contribution is 7.51. The molecule has 0 unspecified atom stereocenters. The molecule has 0 aromatic heterocycles. The number of rotatable bonds is 3. The summed E-state index contributed by atoms with van der Waals surface area (Å²) in [6.07, 6.45) is -0.113. The van der Waals surface area contributed by atoms with Crippen LogP contribution in [0.25, 0.3) is 0 Å². The van der Waals surface area contributed by atoms with E-state index in [1.807, 2.05) is 0 Å². The minimum atomic E-state index is -3.89. The monoisotopic (exact) mass is 192 g/mol. The summed E-state index contributed by atoms with van der Waals surface area (Å²) >= 11 is 10.4. The van der Waals surface area contributed by atoms with Crippen LogP contribution in [-0.2, 0) is 4.57 Å². The van der Waals surface area contributed by atoms with E-state index >= 15 is 0 Å². The number of halogens is 2. The van der Waals surface area contributed by atoms with Crippen molar-refractivity contribution in [1.82, 2.24) is 0 Å². The summed E-state index contributed by atoms with van der Waals surface area (Å²) in [5.41, 5.74) is 0. The highest BCUT2D eigenvalue weighted by Gasteiger charge is 2.13. The zero-order valence-electron chi connectivity index (χ0n) is 4.50. The summed E-state index contributed by atoms with van der Waals surface area (Å²) < 4.78 is 10.1. The third-order valence-corrected chi connectivity index (χ3v) is 1.92. The van der Waals surface area contributed by atoms with E-state index in [0.29, 0.717) is 0 Å². The smallest absolute Gasteiger partial charge is 0.324 e. The molecule has 0 spiro atoms. The summed E-state index contributed by atoms with van der Waals surface area (Å²) in [5, 5.41) is 0. The largest absolute Gasteiger partial charge is 0.325 e. The molecule has 0 atom stereocenters. The molecule has 0 bridgehead atoms. The van der Waals surface area contributed by atoms with Crippen molar-refractivity contribution in [2.45, 2.75) is 11.3 Å². The van der Waals surface area contributed by atoms with Crippen molar-refractivity contribution in [1.29, 1.82) is 0 Å². The first-order valence-corrected chi connectivity index (χ1v) is 4.91. The first kappa shape index (κ1) is 9.73. The minimum absolute atomic E-state index is 0.132. The Kier molecular flexibility index (Phi) is 4.10. The molecule has 0 aliphatic heterocycles. The van der Waals surface area contributed by atoms with Gasteiger partial charge in [0.2, 0.25) is 0 Å². The molecule has 0 radical (unpaired) electrons. The van der Waals surface area contributed by atoms with Crippen LogP contribution in [-0.4, -0.2) is 20.8 Å². The fourth-order valence-electron chi connectivity index (χ4n) is 0.266. The first-order chi connectivity index (χ1) is 3.92. The molecule has 0 aromatic rings. The zero-order chi connectivity index (χ0) is 7.49. The number of alkyl halides is 2. The summed E-state index contributed by atoms with van der Waals surface area (Å²) in [7, 11) is -3.89. The molecule has 0 rings (SSSR count). The zero-order valence-corrected chi connectivity index (χ0v) is 6.90. The number of hydrogen-bond donors (Lipinski definition) is 2. The van der Waals surface area contributed by atoms with Crippen molar-refractivity contribution in [2.75, 3.05) is 6.16 Å². The van der Waals surface area contributed by atoms with E-state index in [2.05, 4.69) is 0 Å². The predicted molar refractivity (Wildman–Crippen MR) is 37.0 cm³/mol. The van der Waals surface area contributed by atoms with Gasteiger partial charge in [0.05, 0.1) is 6.16 Å². The maximum atomic E-state index is 10.1. The van der Waals surface area contributed by atoms with E-state index in [1.54, 1.807) is 0 Å². The van der Waals surface area contributed by atoms with Gasteiger partial charge in [-0.05, 0) is 6.42 Å². The summed E-state index contributed by atoms with van der Waals surface area (Å²) in [4.78, 5) is 15.8. The fraction of sp³-hybridized carbons (Fsp3) is 1.00. The topological polar surface area (TPSA) is 57.5 Å². The maximum absolute atomic E-state index is 10.1.